The van der Waals surface area contributed by atoms with E-state index in [-0.39, 0.29) is 0 Å². The van der Waals surface area contributed by atoms with E-state index in [1.807, 2.05) is 41.9 Å². The molecule has 1 heterocycles. The van der Waals surface area contributed by atoms with Gasteiger partial charge in [-0.3, -0.25) is 10.0 Å². The van der Waals surface area contributed by atoms with E-state index in [1.165, 1.54) is 0 Å². The number of aryl methyl sites for hydroxylation is 1. The average Bonchev–Trinajstić information content (AvgIpc) is 2.88. The van der Waals surface area contributed by atoms with Crippen LogP contribution in [0, 0.1) is 0 Å². The Bertz CT molecular complexity index is 858. The Morgan fingerprint density at radius 1 is 1.26 bits per heavy atom. The molecule has 7 heteroatoms. The van der Waals surface area contributed by atoms with Gasteiger partial charge < -0.3 is 9.88 Å². The molecule has 3 aromatic rings. The molecule has 1 aromatic heterocycles. The fraction of sp³-hybridized carbons (Fsp3) is 0.125. The van der Waals surface area contributed by atoms with Gasteiger partial charge in [0.05, 0.1) is 11.0 Å². The van der Waals surface area contributed by atoms with Gasteiger partial charge in [-0.15, -0.1) is 0 Å². The molecule has 0 atom stereocenters. The van der Waals surface area contributed by atoms with Crippen molar-refractivity contribution in [3.05, 3.63) is 58.6 Å². The molecule has 3 N–H and O–H groups in total. The highest BCUT2D eigenvalue weighted by molar-refractivity contribution is 6.31. The van der Waals surface area contributed by atoms with Crippen LogP contribution in [-0.4, -0.2) is 20.7 Å². The van der Waals surface area contributed by atoms with Gasteiger partial charge in [0.15, 0.2) is 0 Å². The fourth-order valence-corrected chi connectivity index (χ4v) is 2.51. The largest absolute Gasteiger partial charge is 0.352 e. The number of imidazole rings is 1. The second-order valence-corrected chi connectivity index (χ2v) is 5.56. The van der Waals surface area contributed by atoms with Crippen LogP contribution in [0.5, 0.6) is 0 Å². The maximum atomic E-state index is 11.3. The lowest BCUT2D eigenvalue weighted by molar-refractivity contribution is 0.0706. The van der Waals surface area contributed by atoms with Gasteiger partial charge >= 0.3 is 0 Å². The molecule has 6 nitrogen and oxygen atoms in total. The lowest BCUT2D eigenvalue weighted by atomic mass is 10.1. The first-order valence-electron chi connectivity index (χ1n) is 6.97. The summed E-state index contributed by atoms with van der Waals surface area (Å²) in [7, 11) is 1.92. The lowest BCUT2D eigenvalue weighted by Crippen LogP contribution is -2.18. The number of nitrogens with zero attached hydrogens (tertiary/aromatic N) is 2. The summed E-state index contributed by atoms with van der Waals surface area (Å²) >= 11 is 6.01. The number of amides is 1. The van der Waals surface area contributed by atoms with E-state index in [9.17, 15) is 4.79 Å². The number of halogens is 1. The summed E-state index contributed by atoms with van der Waals surface area (Å²) in [6.45, 7) is 0.561. The molecule has 0 saturated carbocycles. The molecule has 0 bridgehead atoms. The number of carbonyl (C=O) groups is 1. The van der Waals surface area contributed by atoms with Crippen LogP contribution in [0.15, 0.2) is 42.5 Å². The Labute approximate surface area is 137 Å². The van der Waals surface area contributed by atoms with E-state index < -0.39 is 5.91 Å². The lowest BCUT2D eigenvalue weighted by Gasteiger charge is -2.07. The van der Waals surface area contributed by atoms with Crippen LogP contribution in [0.4, 0.5) is 5.95 Å². The zero-order valence-corrected chi connectivity index (χ0v) is 13.1. The quantitative estimate of drug-likeness (QED) is 0.507. The second-order valence-electron chi connectivity index (χ2n) is 5.12. The fourth-order valence-electron chi connectivity index (χ4n) is 2.34. The Hall–Kier alpha value is -2.57. The van der Waals surface area contributed by atoms with Crippen molar-refractivity contribution in [2.75, 3.05) is 5.32 Å². The molecule has 0 saturated heterocycles. The van der Waals surface area contributed by atoms with Crippen LogP contribution >= 0.6 is 11.6 Å². The first-order valence-corrected chi connectivity index (χ1v) is 7.35. The molecule has 2 aromatic carbocycles. The number of anilines is 1. The van der Waals surface area contributed by atoms with Crippen LogP contribution in [0.2, 0.25) is 5.02 Å². The minimum absolute atomic E-state index is 0.397. The van der Waals surface area contributed by atoms with Crippen LogP contribution in [-0.2, 0) is 13.6 Å². The van der Waals surface area contributed by atoms with Crippen LogP contribution < -0.4 is 10.8 Å². The van der Waals surface area contributed by atoms with Crippen molar-refractivity contribution in [3.63, 3.8) is 0 Å². The number of aromatic nitrogens is 2. The predicted octanol–water partition coefficient (Wildman–Crippen LogP) is 2.96. The number of carbonyl (C=O) groups excluding carboxylic acids is 1. The van der Waals surface area contributed by atoms with Gasteiger partial charge in [-0.2, -0.15) is 0 Å². The highest BCUT2D eigenvalue weighted by Gasteiger charge is 2.08. The minimum Gasteiger partial charge on any atom is -0.352 e. The van der Waals surface area contributed by atoms with E-state index in [1.54, 1.807) is 17.6 Å². The molecule has 0 aliphatic heterocycles. The van der Waals surface area contributed by atoms with Gasteiger partial charge in [0, 0.05) is 24.2 Å². The van der Waals surface area contributed by atoms with Crippen molar-refractivity contribution < 1.29 is 10.0 Å². The van der Waals surface area contributed by atoms with Crippen molar-refractivity contribution in [1.82, 2.24) is 15.0 Å². The van der Waals surface area contributed by atoms with Gasteiger partial charge in [0.25, 0.3) is 5.91 Å². The van der Waals surface area contributed by atoms with Gasteiger partial charge in [-0.25, -0.2) is 10.5 Å². The molecule has 3 rings (SSSR count). The molecule has 0 aliphatic carbocycles. The van der Waals surface area contributed by atoms with E-state index in [0.717, 1.165) is 22.5 Å². The Balaban J connectivity index is 1.75. The van der Waals surface area contributed by atoms with Crippen molar-refractivity contribution in [2.45, 2.75) is 6.54 Å². The summed E-state index contributed by atoms with van der Waals surface area (Å²) in [6.07, 6.45) is 0. The molecule has 118 valence electrons. The van der Waals surface area contributed by atoms with Crippen LogP contribution in [0.1, 0.15) is 15.9 Å². The maximum Gasteiger partial charge on any atom is 0.274 e. The predicted molar refractivity (Wildman–Crippen MR) is 88.7 cm³/mol. The van der Waals surface area contributed by atoms with Crippen molar-refractivity contribution in [1.29, 1.82) is 0 Å². The highest BCUT2D eigenvalue weighted by Crippen LogP contribution is 2.22. The number of hydrogen-bond donors (Lipinski definition) is 3. The van der Waals surface area contributed by atoms with Crippen LogP contribution in [0.3, 0.4) is 0 Å². The SMILES string of the molecule is Cn1c(NCc2ccc(C(=O)NO)cc2)nc2ccc(Cl)cc21. The second kappa shape index (κ2) is 6.28. The minimum atomic E-state index is -0.531. The third-order valence-electron chi connectivity index (χ3n) is 3.61. The number of hydroxylamine groups is 1. The van der Waals surface area contributed by atoms with Crippen LogP contribution in [0.25, 0.3) is 11.0 Å². The number of rotatable bonds is 4. The first-order chi connectivity index (χ1) is 11.1. The summed E-state index contributed by atoms with van der Waals surface area (Å²) in [4.78, 5) is 15.8. The molecule has 23 heavy (non-hydrogen) atoms. The normalized spacial score (nSPS) is 10.7. The Kier molecular flexibility index (Phi) is 4.18. The van der Waals surface area contributed by atoms with E-state index in [4.69, 9.17) is 16.8 Å². The third kappa shape index (κ3) is 3.13. The molecular formula is C16H15ClN4O2. The first kappa shape index (κ1) is 15.3. The average molecular weight is 331 g/mol. The number of fused-ring (bicyclic) bond motifs is 1. The molecule has 1 amide bonds. The van der Waals surface area contributed by atoms with Crippen molar-refractivity contribution >= 4 is 34.5 Å². The molecular weight excluding hydrogens is 316 g/mol. The topological polar surface area (TPSA) is 79.2 Å². The van der Waals surface area contributed by atoms with Gasteiger partial charge in [0.1, 0.15) is 0 Å². The molecule has 0 fully saturated rings. The summed E-state index contributed by atoms with van der Waals surface area (Å²) in [5.41, 5.74) is 4.82. The summed E-state index contributed by atoms with van der Waals surface area (Å²) in [5, 5.41) is 12.5. The Morgan fingerprint density at radius 2 is 2.00 bits per heavy atom. The highest BCUT2D eigenvalue weighted by atomic mass is 35.5. The van der Waals surface area contributed by atoms with Gasteiger partial charge in [-0.1, -0.05) is 23.7 Å². The summed E-state index contributed by atoms with van der Waals surface area (Å²) < 4.78 is 1.94. The van der Waals surface area contributed by atoms with Crippen molar-refractivity contribution in [3.8, 4) is 0 Å². The van der Waals surface area contributed by atoms with Gasteiger partial charge in [0.2, 0.25) is 5.95 Å². The van der Waals surface area contributed by atoms with E-state index in [2.05, 4.69) is 10.3 Å². The molecule has 0 radical (unpaired) electrons. The zero-order chi connectivity index (χ0) is 16.4. The smallest absolute Gasteiger partial charge is 0.274 e. The molecule has 0 aliphatic rings. The maximum absolute atomic E-state index is 11.3. The standard InChI is InChI=1S/C16H15ClN4O2/c1-21-14-8-12(17)6-7-13(14)19-16(21)18-9-10-2-4-11(5-3-10)15(22)20-23/h2-8,23H,9H2,1H3,(H,18,19)(H,20,22). The summed E-state index contributed by atoms with van der Waals surface area (Å²) in [5.74, 6) is 0.205. The van der Waals surface area contributed by atoms with Crippen molar-refractivity contribution in [2.24, 2.45) is 7.05 Å². The number of hydrogen-bond acceptors (Lipinski definition) is 4. The van der Waals surface area contributed by atoms with E-state index >= 15 is 0 Å². The monoisotopic (exact) mass is 330 g/mol. The number of nitrogens with one attached hydrogen (secondary N) is 2. The number of benzene rings is 2. The molecule has 0 spiro atoms. The summed E-state index contributed by atoms with van der Waals surface area (Å²) in [6, 6.07) is 12.5. The zero-order valence-electron chi connectivity index (χ0n) is 12.4. The molecule has 0 unspecified atom stereocenters. The van der Waals surface area contributed by atoms with E-state index in [0.29, 0.717) is 17.1 Å². The Morgan fingerprint density at radius 3 is 2.70 bits per heavy atom. The third-order valence-corrected chi connectivity index (χ3v) is 3.85. The van der Waals surface area contributed by atoms with Gasteiger partial charge in [-0.05, 0) is 35.9 Å².